The van der Waals surface area contributed by atoms with Gasteiger partial charge in [0.15, 0.2) is 0 Å². The highest BCUT2D eigenvalue weighted by Crippen LogP contribution is 2.08. The molecule has 0 bridgehead atoms. The predicted octanol–water partition coefficient (Wildman–Crippen LogP) is 1.55. The van der Waals surface area contributed by atoms with Crippen LogP contribution in [-0.4, -0.2) is 11.7 Å². The lowest BCUT2D eigenvalue weighted by Gasteiger charge is -1.88. The first-order chi connectivity index (χ1) is 4.33. The first-order valence-corrected chi connectivity index (χ1v) is 2.40. The minimum atomic E-state index is -0.389. The summed E-state index contributed by atoms with van der Waals surface area (Å²) in [5, 5.41) is 0. The zero-order valence-electron chi connectivity index (χ0n) is 4.71. The lowest BCUT2D eigenvalue weighted by molar-refractivity contribution is 0.622. The molecule has 0 saturated heterocycles. The van der Waals surface area contributed by atoms with Crippen LogP contribution in [-0.2, 0) is 0 Å². The Bertz CT molecular complexity index is 222. The Morgan fingerprint density at radius 2 is 2.33 bits per heavy atom. The van der Waals surface area contributed by atoms with Crippen molar-refractivity contribution < 1.29 is 4.39 Å². The molecule has 3 heteroatoms. The fourth-order valence-corrected chi connectivity index (χ4v) is 0.487. The third kappa shape index (κ3) is 1.32. The van der Waals surface area contributed by atoms with Gasteiger partial charge < -0.3 is 0 Å². The zero-order valence-corrected chi connectivity index (χ0v) is 4.71. The summed E-state index contributed by atoms with van der Waals surface area (Å²) >= 11 is 0. The average molecular weight is 124 g/mol. The van der Waals surface area contributed by atoms with Crippen molar-refractivity contribution >= 4 is 12.4 Å². The van der Waals surface area contributed by atoms with Crippen LogP contribution in [0.1, 0.15) is 0 Å². The van der Waals surface area contributed by atoms with Crippen molar-refractivity contribution in [3.63, 3.8) is 0 Å². The Labute approximate surface area is 52.1 Å². The van der Waals surface area contributed by atoms with Crippen molar-refractivity contribution in [1.82, 2.24) is 4.98 Å². The second-order valence-electron chi connectivity index (χ2n) is 1.52. The van der Waals surface area contributed by atoms with Crippen LogP contribution < -0.4 is 0 Å². The number of aliphatic imine (C=N–C) groups is 1. The molecule has 0 amide bonds. The molecule has 1 rings (SSSR count). The van der Waals surface area contributed by atoms with E-state index in [4.69, 9.17) is 0 Å². The number of halogens is 1. The molecule has 0 atom stereocenters. The van der Waals surface area contributed by atoms with Crippen LogP contribution >= 0.6 is 0 Å². The Morgan fingerprint density at radius 1 is 1.56 bits per heavy atom. The second kappa shape index (κ2) is 2.35. The van der Waals surface area contributed by atoms with Crippen molar-refractivity contribution in [3.8, 4) is 0 Å². The molecule has 0 fully saturated rings. The maximum absolute atomic E-state index is 12.2. The van der Waals surface area contributed by atoms with Crippen molar-refractivity contribution in [2.75, 3.05) is 0 Å². The summed E-state index contributed by atoms with van der Waals surface area (Å²) in [5.74, 6) is -0.389. The first-order valence-electron chi connectivity index (χ1n) is 2.40. The smallest absolute Gasteiger partial charge is 0.143 e. The molecule has 1 aromatic rings. The van der Waals surface area contributed by atoms with Gasteiger partial charge in [-0.25, -0.2) is 4.39 Å². The quantitative estimate of drug-likeness (QED) is 0.521. The van der Waals surface area contributed by atoms with Gasteiger partial charge in [-0.1, -0.05) is 0 Å². The fraction of sp³-hybridized carbons (Fsp3) is 0. The van der Waals surface area contributed by atoms with Gasteiger partial charge in [-0.2, -0.15) is 0 Å². The molecule has 0 aromatic carbocycles. The molecule has 0 radical (unpaired) electrons. The third-order valence-corrected chi connectivity index (χ3v) is 0.873. The van der Waals surface area contributed by atoms with E-state index in [1.54, 1.807) is 0 Å². The fourth-order valence-electron chi connectivity index (χ4n) is 0.487. The van der Waals surface area contributed by atoms with Gasteiger partial charge in [-0.3, -0.25) is 9.98 Å². The largest absolute Gasteiger partial charge is 0.263 e. The van der Waals surface area contributed by atoms with Gasteiger partial charge >= 0.3 is 0 Å². The summed E-state index contributed by atoms with van der Waals surface area (Å²) in [4.78, 5) is 7.03. The summed E-state index contributed by atoms with van der Waals surface area (Å²) in [6, 6.07) is 1.26. The molecule has 0 aliphatic carbocycles. The van der Waals surface area contributed by atoms with Gasteiger partial charge in [0, 0.05) is 6.07 Å². The normalized spacial score (nSPS) is 9.00. The minimum Gasteiger partial charge on any atom is -0.263 e. The molecule has 0 aliphatic heterocycles. The highest BCUT2D eigenvalue weighted by atomic mass is 19.1. The average Bonchev–Trinajstić information content (AvgIpc) is 1.88. The van der Waals surface area contributed by atoms with Gasteiger partial charge in [0.2, 0.25) is 0 Å². The maximum Gasteiger partial charge on any atom is 0.143 e. The van der Waals surface area contributed by atoms with Crippen molar-refractivity contribution in [3.05, 3.63) is 24.3 Å². The maximum atomic E-state index is 12.2. The van der Waals surface area contributed by atoms with Gasteiger partial charge in [0.1, 0.15) is 5.82 Å². The molecule has 0 unspecified atom stereocenters. The number of hydrogen-bond donors (Lipinski definition) is 0. The van der Waals surface area contributed by atoms with E-state index in [1.807, 2.05) is 0 Å². The molecule has 46 valence electrons. The highest BCUT2D eigenvalue weighted by molar-refractivity contribution is 5.42. The molecule has 0 N–H and O–H groups in total. The van der Waals surface area contributed by atoms with E-state index in [0.717, 1.165) is 6.20 Å². The molecule has 1 heterocycles. The van der Waals surface area contributed by atoms with Crippen LogP contribution in [0.4, 0.5) is 10.1 Å². The Hall–Kier alpha value is -1.25. The van der Waals surface area contributed by atoms with Gasteiger partial charge in [0.25, 0.3) is 0 Å². The van der Waals surface area contributed by atoms with Crippen LogP contribution in [0.25, 0.3) is 0 Å². The Morgan fingerprint density at radius 3 is 2.78 bits per heavy atom. The van der Waals surface area contributed by atoms with Gasteiger partial charge in [-0.05, 0) is 6.72 Å². The van der Waals surface area contributed by atoms with Crippen LogP contribution in [0, 0.1) is 5.82 Å². The first kappa shape index (κ1) is 5.88. The van der Waals surface area contributed by atoms with E-state index >= 15 is 0 Å². The lowest BCUT2D eigenvalue weighted by atomic mass is 10.4. The van der Waals surface area contributed by atoms with Crippen LogP contribution in [0.5, 0.6) is 0 Å². The zero-order chi connectivity index (χ0) is 6.69. The number of aromatic nitrogens is 1. The molecular formula is C6H5FN2. The molecule has 0 aliphatic rings. The number of rotatable bonds is 1. The molecular weight excluding hydrogens is 119 g/mol. The van der Waals surface area contributed by atoms with Crippen molar-refractivity contribution in [2.24, 2.45) is 4.99 Å². The molecule has 2 nitrogen and oxygen atoms in total. The Balaban J connectivity index is 3.07. The minimum absolute atomic E-state index is 0.389. The number of nitrogens with zero attached hydrogens (tertiary/aromatic N) is 2. The van der Waals surface area contributed by atoms with E-state index in [9.17, 15) is 4.39 Å². The molecule has 0 saturated carbocycles. The van der Waals surface area contributed by atoms with Crippen molar-refractivity contribution in [1.29, 1.82) is 0 Å². The second-order valence-corrected chi connectivity index (χ2v) is 1.52. The standard InChI is InChI=1S/C6H5FN2/c1-8-6-2-5(7)3-9-4-6/h2-4H,1H2. The van der Waals surface area contributed by atoms with E-state index in [0.29, 0.717) is 5.69 Å². The number of pyridine rings is 1. The highest BCUT2D eigenvalue weighted by Gasteiger charge is 1.89. The van der Waals surface area contributed by atoms with E-state index in [2.05, 4.69) is 16.7 Å². The van der Waals surface area contributed by atoms with Gasteiger partial charge in [-0.15, -0.1) is 0 Å². The van der Waals surface area contributed by atoms with Crippen LogP contribution in [0.2, 0.25) is 0 Å². The summed E-state index contributed by atoms with van der Waals surface area (Å²) in [6.07, 6.45) is 2.56. The molecule has 0 spiro atoms. The van der Waals surface area contributed by atoms with E-state index in [-0.39, 0.29) is 5.82 Å². The lowest BCUT2D eigenvalue weighted by Crippen LogP contribution is -1.74. The summed E-state index contributed by atoms with van der Waals surface area (Å²) in [6.45, 7) is 3.22. The van der Waals surface area contributed by atoms with Crippen LogP contribution in [0.3, 0.4) is 0 Å². The van der Waals surface area contributed by atoms with Crippen LogP contribution in [0.15, 0.2) is 23.5 Å². The summed E-state index contributed by atoms with van der Waals surface area (Å²) in [5.41, 5.74) is 0.454. The number of hydrogen-bond acceptors (Lipinski definition) is 2. The predicted molar refractivity (Wildman–Crippen MR) is 33.4 cm³/mol. The monoisotopic (exact) mass is 124 g/mol. The Kier molecular flexibility index (Phi) is 1.53. The van der Waals surface area contributed by atoms with E-state index in [1.165, 1.54) is 12.3 Å². The SMILES string of the molecule is C=Nc1cncc(F)c1. The van der Waals surface area contributed by atoms with Gasteiger partial charge in [0.05, 0.1) is 18.1 Å². The third-order valence-electron chi connectivity index (χ3n) is 0.873. The molecule has 9 heavy (non-hydrogen) atoms. The summed E-state index contributed by atoms with van der Waals surface area (Å²) < 4.78 is 12.2. The molecule has 1 aromatic heterocycles. The topological polar surface area (TPSA) is 25.2 Å². The summed E-state index contributed by atoms with van der Waals surface area (Å²) in [7, 11) is 0. The van der Waals surface area contributed by atoms with Crippen molar-refractivity contribution in [2.45, 2.75) is 0 Å². The van der Waals surface area contributed by atoms with E-state index < -0.39 is 0 Å².